The van der Waals surface area contributed by atoms with Gasteiger partial charge in [-0.2, -0.15) is 13.2 Å². The number of hydrogen-bond acceptors (Lipinski definition) is 2. The van der Waals surface area contributed by atoms with E-state index in [4.69, 9.17) is 4.84 Å². The summed E-state index contributed by atoms with van der Waals surface area (Å²) in [5.41, 5.74) is -0.378. The van der Waals surface area contributed by atoms with Crippen LogP contribution in [0.25, 0.3) is 0 Å². The van der Waals surface area contributed by atoms with Gasteiger partial charge in [0.15, 0.2) is 0 Å². The second-order valence-corrected chi connectivity index (χ2v) is 4.70. The fourth-order valence-electron chi connectivity index (χ4n) is 1.38. The average molecular weight is 225 g/mol. The van der Waals surface area contributed by atoms with Crippen molar-refractivity contribution in [1.29, 1.82) is 0 Å². The molecule has 3 nitrogen and oxygen atoms in total. The number of carbonyl (C=O) groups is 1. The average Bonchev–Trinajstić information content (AvgIpc) is 2.27. The molecule has 1 saturated heterocycles. The van der Waals surface area contributed by atoms with Gasteiger partial charge in [-0.3, -0.25) is 9.63 Å². The van der Waals surface area contributed by atoms with E-state index in [9.17, 15) is 18.0 Å². The molecule has 1 atom stereocenters. The molecule has 1 heterocycles. The Balaban J connectivity index is 2.65. The monoisotopic (exact) mass is 225 g/mol. The minimum atomic E-state index is -4.41. The maximum Gasteiger partial charge on any atom is 0.408 e. The molecule has 1 aliphatic heterocycles. The number of amides is 1. The third-order valence-electron chi connectivity index (χ3n) is 2.31. The normalized spacial score (nSPS) is 23.7. The Morgan fingerprint density at radius 3 is 2.27 bits per heavy atom. The highest BCUT2D eigenvalue weighted by Crippen LogP contribution is 2.33. The second kappa shape index (κ2) is 3.66. The molecule has 0 aliphatic carbocycles. The van der Waals surface area contributed by atoms with Crippen LogP contribution in [0.15, 0.2) is 0 Å². The van der Waals surface area contributed by atoms with E-state index in [1.54, 1.807) is 20.8 Å². The van der Waals surface area contributed by atoms with Gasteiger partial charge in [-0.05, 0) is 5.41 Å². The Kier molecular flexibility index (Phi) is 3.00. The lowest BCUT2D eigenvalue weighted by atomic mass is 9.81. The zero-order valence-corrected chi connectivity index (χ0v) is 8.89. The van der Waals surface area contributed by atoms with E-state index in [0.717, 1.165) is 0 Å². The molecular formula is C9H14F3NO2. The Morgan fingerprint density at radius 1 is 1.40 bits per heavy atom. The maximum atomic E-state index is 12.0. The number of halogens is 3. The third-order valence-corrected chi connectivity index (χ3v) is 2.31. The number of rotatable bonds is 1. The van der Waals surface area contributed by atoms with Crippen molar-refractivity contribution in [2.24, 2.45) is 11.3 Å². The van der Waals surface area contributed by atoms with Crippen molar-refractivity contribution < 1.29 is 22.8 Å². The summed E-state index contributed by atoms with van der Waals surface area (Å²) in [5, 5.41) is 0.413. The first-order valence-corrected chi connectivity index (χ1v) is 4.62. The third kappa shape index (κ3) is 3.09. The van der Waals surface area contributed by atoms with Crippen molar-refractivity contribution in [3.05, 3.63) is 0 Å². The van der Waals surface area contributed by atoms with Crippen molar-refractivity contribution in [3.8, 4) is 0 Å². The summed E-state index contributed by atoms with van der Waals surface area (Å²) in [6.45, 7) is 4.10. The largest absolute Gasteiger partial charge is 0.408 e. The van der Waals surface area contributed by atoms with Crippen LogP contribution in [0.3, 0.4) is 0 Å². The molecule has 0 bridgehead atoms. The van der Waals surface area contributed by atoms with Gasteiger partial charge >= 0.3 is 6.18 Å². The van der Waals surface area contributed by atoms with Crippen LogP contribution in [-0.2, 0) is 9.63 Å². The Morgan fingerprint density at radius 2 is 1.93 bits per heavy atom. The van der Waals surface area contributed by atoms with Gasteiger partial charge in [-0.1, -0.05) is 20.8 Å². The molecular weight excluding hydrogens is 211 g/mol. The number of alkyl halides is 3. The molecule has 0 spiro atoms. The zero-order valence-electron chi connectivity index (χ0n) is 8.89. The minimum absolute atomic E-state index is 0.0262. The van der Waals surface area contributed by atoms with Crippen molar-refractivity contribution >= 4 is 5.91 Å². The number of hydrogen-bond donors (Lipinski definition) is 0. The summed E-state index contributed by atoms with van der Waals surface area (Å²) in [4.78, 5) is 16.3. The van der Waals surface area contributed by atoms with Gasteiger partial charge in [-0.25, -0.2) is 5.06 Å². The molecule has 1 fully saturated rings. The number of hydroxylamine groups is 2. The summed E-state index contributed by atoms with van der Waals surface area (Å²) in [5.74, 6) is -1.08. The summed E-state index contributed by atoms with van der Waals surface area (Å²) in [6, 6.07) is 0. The SMILES string of the molecule is CC(C)(C)C1CON(CC(F)(F)F)C1=O. The maximum absolute atomic E-state index is 12.0. The molecule has 0 aromatic rings. The standard InChI is InChI=1S/C9H14F3NO2/c1-8(2,3)6-4-15-13(7(6)14)5-9(10,11)12/h6H,4-5H2,1-3H3. The quantitative estimate of drug-likeness (QED) is 0.683. The summed E-state index contributed by atoms with van der Waals surface area (Å²) < 4.78 is 36.1. The van der Waals surface area contributed by atoms with Crippen LogP contribution in [-0.4, -0.2) is 30.3 Å². The van der Waals surface area contributed by atoms with Crippen LogP contribution in [0, 0.1) is 11.3 Å². The molecule has 0 radical (unpaired) electrons. The topological polar surface area (TPSA) is 29.5 Å². The Labute approximate surface area is 86.1 Å². The van der Waals surface area contributed by atoms with E-state index >= 15 is 0 Å². The first-order valence-electron chi connectivity index (χ1n) is 4.62. The van der Waals surface area contributed by atoms with Crippen LogP contribution in [0.2, 0.25) is 0 Å². The summed E-state index contributed by atoms with van der Waals surface area (Å²) in [6.07, 6.45) is -4.41. The van der Waals surface area contributed by atoms with Gasteiger partial charge in [0.2, 0.25) is 0 Å². The van der Waals surface area contributed by atoms with Crippen molar-refractivity contribution in [2.75, 3.05) is 13.2 Å². The molecule has 1 aliphatic rings. The molecule has 6 heteroatoms. The number of nitrogens with zero attached hydrogens (tertiary/aromatic N) is 1. The van der Waals surface area contributed by atoms with Gasteiger partial charge in [-0.15, -0.1) is 0 Å². The number of carbonyl (C=O) groups excluding carboxylic acids is 1. The van der Waals surface area contributed by atoms with Crippen LogP contribution in [0.4, 0.5) is 13.2 Å². The van der Waals surface area contributed by atoms with E-state index in [-0.39, 0.29) is 12.0 Å². The lowest BCUT2D eigenvalue weighted by molar-refractivity contribution is -0.214. The molecule has 0 N–H and O–H groups in total. The van der Waals surface area contributed by atoms with Gasteiger partial charge in [0.1, 0.15) is 6.54 Å². The molecule has 88 valence electrons. The summed E-state index contributed by atoms with van der Waals surface area (Å²) >= 11 is 0. The highest BCUT2D eigenvalue weighted by molar-refractivity contribution is 5.80. The molecule has 0 aromatic heterocycles. The second-order valence-electron chi connectivity index (χ2n) is 4.70. The van der Waals surface area contributed by atoms with Crippen LogP contribution in [0.1, 0.15) is 20.8 Å². The van der Waals surface area contributed by atoms with Crippen molar-refractivity contribution in [3.63, 3.8) is 0 Å². The Hall–Kier alpha value is -0.780. The predicted octanol–water partition coefficient (Wildman–Crippen LogP) is 1.98. The van der Waals surface area contributed by atoms with Crippen LogP contribution in [0.5, 0.6) is 0 Å². The lowest BCUT2D eigenvalue weighted by Crippen LogP contribution is -2.38. The first kappa shape index (κ1) is 12.3. The van der Waals surface area contributed by atoms with E-state index in [2.05, 4.69) is 0 Å². The van der Waals surface area contributed by atoms with E-state index in [1.807, 2.05) is 0 Å². The fraction of sp³-hybridized carbons (Fsp3) is 0.889. The highest BCUT2D eigenvalue weighted by Gasteiger charge is 2.44. The molecule has 1 rings (SSSR count). The molecule has 1 amide bonds. The zero-order chi connectivity index (χ0) is 11.9. The minimum Gasteiger partial charge on any atom is -0.272 e. The first-order chi connectivity index (χ1) is 6.61. The van der Waals surface area contributed by atoms with Gasteiger partial charge in [0.05, 0.1) is 12.5 Å². The van der Waals surface area contributed by atoms with Crippen LogP contribution < -0.4 is 0 Å². The van der Waals surface area contributed by atoms with E-state index in [1.165, 1.54) is 0 Å². The van der Waals surface area contributed by atoms with E-state index in [0.29, 0.717) is 5.06 Å². The summed E-state index contributed by atoms with van der Waals surface area (Å²) in [7, 11) is 0. The molecule has 0 saturated carbocycles. The van der Waals surface area contributed by atoms with Gasteiger partial charge in [0.25, 0.3) is 5.91 Å². The molecule has 0 aromatic carbocycles. The molecule has 15 heavy (non-hydrogen) atoms. The fourth-order valence-corrected chi connectivity index (χ4v) is 1.38. The van der Waals surface area contributed by atoms with Gasteiger partial charge < -0.3 is 0 Å². The lowest BCUT2D eigenvalue weighted by Gasteiger charge is -2.23. The smallest absolute Gasteiger partial charge is 0.272 e. The van der Waals surface area contributed by atoms with Crippen molar-refractivity contribution in [2.45, 2.75) is 26.9 Å². The van der Waals surface area contributed by atoms with Gasteiger partial charge in [0, 0.05) is 0 Å². The predicted molar refractivity (Wildman–Crippen MR) is 46.7 cm³/mol. The Bertz CT molecular complexity index is 257. The van der Waals surface area contributed by atoms with Crippen LogP contribution >= 0.6 is 0 Å². The molecule has 1 unspecified atom stereocenters. The van der Waals surface area contributed by atoms with E-state index < -0.39 is 24.5 Å². The van der Waals surface area contributed by atoms with Crippen molar-refractivity contribution in [1.82, 2.24) is 5.06 Å². The highest BCUT2D eigenvalue weighted by atomic mass is 19.4.